The second kappa shape index (κ2) is 8.44. The van der Waals surface area contributed by atoms with Gasteiger partial charge in [-0.05, 0) is 29.2 Å². The highest BCUT2D eigenvalue weighted by molar-refractivity contribution is 6.09. The van der Waals surface area contributed by atoms with E-state index in [2.05, 4.69) is 5.32 Å². The third kappa shape index (κ3) is 3.51. The van der Waals surface area contributed by atoms with Gasteiger partial charge in [-0.3, -0.25) is 24.6 Å². The standard InChI is InChI=1S/C25H26N2O6/c1-14(2)25(24(31)32)19-18(20(26-25)16-9-11-17(12-10-16)23(30)33-3)21(28)27(22(19)29)13-15-7-5-4-6-8-15/h4-12,14,18-20,26H,13H2,1-3H3,(H,31,32). The summed E-state index contributed by atoms with van der Waals surface area (Å²) in [6.07, 6.45) is 0. The van der Waals surface area contributed by atoms with Crippen molar-refractivity contribution in [2.45, 2.75) is 32.0 Å². The molecule has 4 unspecified atom stereocenters. The first-order chi connectivity index (χ1) is 15.7. The third-order valence-electron chi connectivity index (χ3n) is 6.83. The van der Waals surface area contributed by atoms with Gasteiger partial charge >= 0.3 is 11.9 Å². The first kappa shape index (κ1) is 22.7. The SMILES string of the molecule is COC(=O)c1ccc(C2NC(C(=O)O)(C(C)C)C3C(=O)N(Cc4ccccc4)C(=O)C23)cc1. The molecule has 0 bridgehead atoms. The molecular weight excluding hydrogens is 424 g/mol. The number of benzene rings is 2. The van der Waals surface area contributed by atoms with Crippen LogP contribution in [-0.4, -0.2) is 46.4 Å². The largest absolute Gasteiger partial charge is 0.480 e. The average molecular weight is 450 g/mol. The number of aliphatic carboxylic acids is 1. The van der Waals surface area contributed by atoms with Crippen LogP contribution in [0, 0.1) is 17.8 Å². The number of carbonyl (C=O) groups excluding carboxylic acids is 3. The minimum absolute atomic E-state index is 0.0906. The molecule has 2 aromatic carbocycles. The van der Waals surface area contributed by atoms with Crippen molar-refractivity contribution < 1.29 is 29.0 Å². The van der Waals surface area contributed by atoms with Crippen molar-refractivity contribution in [1.82, 2.24) is 10.2 Å². The molecule has 2 aliphatic rings. The van der Waals surface area contributed by atoms with Gasteiger partial charge in [-0.25, -0.2) is 4.79 Å². The summed E-state index contributed by atoms with van der Waals surface area (Å²) in [5.41, 5.74) is 0.151. The van der Waals surface area contributed by atoms with Gasteiger partial charge in [-0.2, -0.15) is 0 Å². The Balaban J connectivity index is 1.77. The maximum atomic E-state index is 13.5. The number of rotatable bonds is 6. The van der Waals surface area contributed by atoms with Crippen molar-refractivity contribution in [2.75, 3.05) is 7.11 Å². The Morgan fingerprint density at radius 3 is 2.24 bits per heavy atom. The van der Waals surface area contributed by atoms with Gasteiger partial charge in [0.05, 0.1) is 31.1 Å². The van der Waals surface area contributed by atoms with E-state index >= 15 is 0 Å². The molecule has 2 fully saturated rings. The van der Waals surface area contributed by atoms with Crippen LogP contribution in [0.5, 0.6) is 0 Å². The van der Waals surface area contributed by atoms with Crippen LogP contribution < -0.4 is 5.32 Å². The Labute approximate surface area is 191 Å². The van der Waals surface area contributed by atoms with Gasteiger partial charge in [0.15, 0.2) is 0 Å². The molecule has 4 atom stereocenters. The Hall–Kier alpha value is -3.52. The molecule has 8 heteroatoms. The molecule has 2 saturated heterocycles. The lowest BCUT2D eigenvalue weighted by molar-refractivity contribution is -0.153. The molecule has 2 aromatic rings. The quantitative estimate of drug-likeness (QED) is 0.513. The fourth-order valence-corrected chi connectivity index (χ4v) is 5.13. The molecule has 33 heavy (non-hydrogen) atoms. The van der Waals surface area contributed by atoms with Crippen molar-refractivity contribution in [1.29, 1.82) is 0 Å². The van der Waals surface area contributed by atoms with Gasteiger partial charge < -0.3 is 9.84 Å². The maximum absolute atomic E-state index is 13.5. The summed E-state index contributed by atoms with van der Waals surface area (Å²) < 4.78 is 4.73. The minimum Gasteiger partial charge on any atom is -0.480 e. The lowest BCUT2D eigenvalue weighted by atomic mass is 9.73. The summed E-state index contributed by atoms with van der Waals surface area (Å²) in [7, 11) is 1.29. The molecule has 0 spiro atoms. The monoisotopic (exact) mass is 450 g/mol. The number of carbonyl (C=O) groups is 4. The Morgan fingerprint density at radius 1 is 1.06 bits per heavy atom. The van der Waals surface area contributed by atoms with Gasteiger partial charge in [0.2, 0.25) is 11.8 Å². The molecule has 0 aliphatic carbocycles. The number of carboxylic acids is 1. The molecule has 4 rings (SSSR count). The van der Waals surface area contributed by atoms with Crippen LogP contribution in [0.4, 0.5) is 0 Å². The van der Waals surface area contributed by atoms with E-state index < -0.39 is 53.1 Å². The second-order valence-electron chi connectivity index (χ2n) is 8.82. The molecule has 0 saturated carbocycles. The molecule has 0 aromatic heterocycles. The summed E-state index contributed by atoms with van der Waals surface area (Å²) in [6, 6.07) is 14.9. The highest BCUT2D eigenvalue weighted by Gasteiger charge is 2.69. The van der Waals surface area contributed by atoms with Crippen molar-refractivity contribution >= 4 is 23.8 Å². The minimum atomic E-state index is -1.60. The fourth-order valence-electron chi connectivity index (χ4n) is 5.13. The molecule has 172 valence electrons. The van der Waals surface area contributed by atoms with Gasteiger partial charge in [0, 0.05) is 6.04 Å². The zero-order chi connectivity index (χ0) is 23.9. The Morgan fingerprint density at radius 2 is 1.70 bits per heavy atom. The van der Waals surface area contributed by atoms with Gasteiger partial charge in [0.25, 0.3) is 0 Å². The van der Waals surface area contributed by atoms with Crippen LogP contribution in [0.15, 0.2) is 54.6 Å². The average Bonchev–Trinajstić information content (AvgIpc) is 3.30. The summed E-state index contributed by atoms with van der Waals surface area (Å²) in [5.74, 6) is -4.92. The number of esters is 1. The number of imide groups is 1. The predicted molar refractivity (Wildman–Crippen MR) is 118 cm³/mol. The number of fused-ring (bicyclic) bond motifs is 1. The van der Waals surface area contributed by atoms with Crippen molar-refractivity contribution in [3.63, 3.8) is 0 Å². The summed E-state index contributed by atoms with van der Waals surface area (Å²) in [5, 5.41) is 13.4. The first-order valence-electron chi connectivity index (χ1n) is 10.8. The summed E-state index contributed by atoms with van der Waals surface area (Å²) in [6.45, 7) is 3.56. The van der Waals surface area contributed by atoms with Crippen LogP contribution in [0.2, 0.25) is 0 Å². The molecule has 2 heterocycles. The zero-order valence-electron chi connectivity index (χ0n) is 18.6. The lowest BCUT2D eigenvalue weighted by Gasteiger charge is -2.34. The molecule has 0 radical (unpaired) electrons. The van der Waals surface area contributed by atoms with Gasteiger partial charge in [-0.1, -0.05) is 56.3 Å². The molecular formula is C25H26N2O6. The van der Waals surface area contributed by atoms with E-state index in [1.807, 2.05) is 30.3 Å². The number of nitrogens with one attached hydrogen (secondary N) is 1. The molecule has 2 N–H and O–H groups in total. The van der Waals surface area contributed by atoms with E-state index in [9.17, 15) is 24.3 Å². The van der Waals surface area contributed by atoms with E-state index in [4.69, 9.17) is 4.74 Å². The third-order valence-corrected chi connectivity index (χ3v) is 6.83. The molecule has 2 amide bonds. The van der Waals surface area contributed by atoms with Crippen LogP contribution in [-0.2, 0) is 25.7 Å². The highest BCUT2D eigenvalue weighted by Crippen LogP contribution is 2.51. The zero-order valence-corrected chi connectivity index (χ0v) is 18.6. The van der Waals surface area contributed by atoms with E-state index in [0.717, 1.165) is 5.56 Å². The number of amides is 2. The molecule has 2 aliphatic heterocycles. The fraction of sp³-hybridized carbons (Fsp3) is 0.360. The Kier molecular flexibility index (Phi) is 5.80. The number of hydrogen-bond donors (Lipinski definition) is 2. The number of carboxylic acid groups (broad SMARTS) is 1. The van der Waals surface area contributed by atoms with Crippen molar-refractivity contribution in [3.8, 4) is 0 Å². The number of ether oxygens (including phenoxy) is 1. The highest BCUT2D eigenvalue weighted by atomic mass is 16.5. The number of likely N-dealkylation sites (tertiary alicyclic amines) is 1. The van der Waals surface area contributed by atoms with E-state index in [1.165, 1.54) is 12.0 Å². The van der Waals surface area contributed by atoms with E-state index in [0.29, 0.717) is 11.1 Å². The smallest absolute Gasteiger partial charge is 0.337 e. The second-order valence-corrected chi connectivity index (χ2v) is 8.82. The topological polar surface area (TPSA) is 113 Å². The normalized spacial score (nSPS) is 26.5. The van der Waals surface area contributed by atoms with Crippen LogP contribution in [0.3, 0.4) is 0 Å². The van der Waals surface area contributed by atoms with Crippen LogP contribution in [0.25, 0.3) is 0 Å². The maximum Gasteiger partial charge on any atom is 0.337 e. The lowest BCUT2D eigenvalue weighted by Crippen LogP contribution is -2.59. The Bertz CT molecular complexity index is 1100. The summed E-state index contributed by atoms with van der Waals surface area (Å²) >= 11 is 0. The van der Waals surface area contributed by atoms with Crippen LogP contribution in [0.1, 0.15) is 41.4 Å². The van der Waals surface area contributed by atoms with Gasteiger partial charge in [0.1, 0.15) is 5.54 Å². The number of nitrogens with zero attached hydrogens (tertiary/aromatic N) is 1. The summed E-state index contributed by atoms with van der Waals surface area (Å²) in [4.78, 5) is 52.6. The first-order valence-corrected chi connectivity index (χ1v) is 10.8. The van der Waals surface area contributed by atoms with Crippen molar-refractivity contribution in [3.05, 3.63) is 71.3 Å². The van der Waals surface area contributed by atoms with Crippen LogP contribution >= 0.6 is 0 Å². The number of methoxy groups -OCH3 is 1. The predicted octanol–water partition coefficient (Wildman–Crippen LogP) is 2.40. The number of hydrogen-bond acceptors (Lipinski definition) is 6. The molecule has 8 nitrogen and oxygen atoms in total. The van der Waals surface area contributed by atoms with E-state index in [-0.39, 0.29) is 6.54 Å². The van der Waals surface area contributed by atoms with Gasteiger partial charge in [-0.15, -0.1) is 0 Å². The van der Waals surface area contributed by atoms with E-state index in [1.54, 1.807) is 38.1 Å². The van der Waals surface area contributed by atoms with Crippen molar-refractivity contribution in [2.24, 2.45) is 17.8 Å².